The van der Waals surface area contributed by atoms with Gasteiger partial charge in [-0.1, -0.05) is 5.16 Å². The van der Waals surface area contributed by atoms with E-state index in [9.17, 15) is 13.6 Å². The predicted octanol–water partition coefficient (Wildman–Crippen LogP) is 3.30. The van der Waals surface area contributed by atoms with Gasteiger partial charge < -0.3 is 9.42 Å². The molecule has 1 aliphatic heterocycles. The van der Waals surface area contributed by atoms with Crippen LogP contribution < -0.4 is 4.90 Å². The molecule has 0 aliphatic carbocycles. The van der Waals surface area contributed by atoms with Crippen LogP contribution in [0.1, 0.15) is 23.9 Å². The lowest BCUT2D eigenvalue weighted by atomic mass is 10.1. The van der Waals surface area contributed by atoms with Crippen molar-refractivity contribution >= 4 is 22.9 Å². The van der Waals surface area contributed by atoms with Crippen LogP contribution in [0, 0.1) is 18.6 Å². The van der Waals surface area contributed by atoms with Crippen LogP contribution in [-0.4, -0.2) is 27.6 Å². The topological polar surface area (TPSA) is 72.1 Å². The molecule has 25 heavy (non-hydrogen) atoms. The lowest BCUT2D eigenvalue weighted by Gasteiger charge is -2.16. The highest BCUT2D eigenvalue weighted by molar-refractivity contribution is 7.13. The van der Waals surface area contributed by atoms with Crippen molar-refractivity contribution in [1.29, 1.82) is 0 Å². The molecule has 1 aliphatic rings. The molecular formula is C16H12F2N4O2S. The molecule has 6 nitrogen and oxygen atoms in total. The third-order valence-corrected chi connectivity index (χ3v) is 5.00. The molecule has 0 N–H and O–H groups in total. The Balaban J connectivity index is 1.57. The Hall–Kier alpha value is -2.68. The van der Waals surface area contributed by atoms with Gasteiger partial charge >= 0.3 is 0 Å². The zero-order chi connectivity index (χ0) is 17.6. The van der Waals surface area contributed by atoms with E-state index in [1.807, 2.05) is 6.92 Å². The van der Waals surface area contributed by atoms with E-state index >= 15 is 0 Å². The largest absolute Gasteiger partial charge is 0.339 e. The maximum Gasteiger partial charge on any atom is 0.232 e. The maximum absolute atomic E-state index is 13.4. The Labute approximate surface area is 145 Å². The number of hydrogen-bond acceptors (Lipinski definition) is 6. The minimum Gasteiger partial charge on any atom is -0.339 e. The molecule has 1 saturated heterocycles. The van der Waals surface area contributed by atoms with Crippen LogP contribution in [0.25, 0.3) is 10.7 Å². The van der Waals surface area contributed by atoms with Crippen LogP contribution in [0.15, 0.2) is 28.2 Å². The number of benzene rings is 1. The number of nitrogens with zero attached hydrogens (tertiary/aromatic N) is 4. The average molecular weight is 362 g/mol. The predicted molar refractivity (Wildman–Crippen MR) is 86.2 cm³/mol. The van der Waals surface area contributed by atoms with Crippen molar-refractivity contribution in [2.45, 2.75) is 19.3 Å². The summed E-state index contributed by atoms with van der Waals surface area (Å²) in [6, 6.07) is 3.39. The van der Waals surface area contributed by atoms with Gasteiger partial charge in [-0.3, -0.25) is 4.79 Å². The molecule has 1 atom stereocenters. The molecule has 128 valence electrons. The van der Waals surface area contributed by atoms with Crippen LogP contribution >= 0.6 is 11.3 Å². The van der Waals surface area contributed by atoms with Crippen molar-refractivity contribution in [2.24, 2.45) is 0 Å². The second kappa shape index (κ2) is 5.99. The van der Waals surface area contributed by atoms with Crippen LogP contribution in [0.3, 0.4) is 0 Å². The van der Waals surface area contributed by atoms with Gasteiger partial charge in [-0.05, 0) is 19.1 Å². The van der Waals surface area contributed by atoms with Gasteiger partial charge in [0.25, 0.3) is 0 Å². The summed E-state index contributed by atoms with van der Waals surface area (Å²) in [5, 5.41) is 3.96. The first-order valence-corrected chi connectivity index (χ1v) is 8.40. The summed E-state index contributed by atoms with van der Waals surface area (Å²) in [6.45, 7) is 2.12. The fourth-order valence-corrected chi connectivity index (χ4v) is 3.51. The Morgan fingerprint density at radius 1 is 1.32 bits per heavy atom. The molecule has 0 spiro atoms. The number of carbonyl (C=O) groups excluding carboxylic acids is 1. The van der Waals surface area contributed by atoms with E-state index in [4.69, 9.17) is 4.52 Å². The van der Waals surface area contributed by atoms with Crippen molar-refractivity contribution < 1.29 is 18.1 Å². The summed E-state index contributed by atoms with van der Waals surface area (Å²) in [5.74, 6) is -1.65. The lowest BCUT2D eigenvalue weighted by molar-refractivity contribution is -0.117. The Morgan fingerprint density at radius 3 is 2.88 bits per heavy atom. The zero-order valence-corrected chi connectivity index (χ0v) is 13.9. The first-order valence-electron chi connectivity index (χ1n) is 7.52. The van der Waals surface area contributed by atoms with Gasteiger partial charge in [-0.15, -0.1) is 11.3 Å². The number of halogens is 2. The summed E-state index contributed by atoms with van der Waals surface area (Å²) in [4.78, 5) is 23.0. The number of carbonyl (C=O) groups is 1. The number of aromatic nitrogens is 3. The molecule has 1 amide bonds. The minimum atomic E-state index is -0.991. The third kappa shape index (κ3) is 2.80. The molecule has 2 aromatic heterocycles. The maximum atomic E-state index is 13.4. The number of rotatable bonds is 3. The highest BCUT2D eigenvalue weighted by Gasteiger charge is 2.35. The van der Waals surface area contributed by atoms with E-state index in [1.54, 1.807) is 5.51 Å². The van der Waals surface area contributed by atoms with E-state index in [0.29, 0.717) is 17.4 Å². The molecule has 1 unspecified atom stereocenters. The quantitative estimate of drug-likeness (QED) is 0.715. The Kier molecular flexibility index (Phi) is 3.79. The first kappa shape index (κ1) is 15.8. The van der Waals surface area contributed by atoms with E-state index < -0.39 is 11.6 Å². The van der Waals surface area contributed by atoms with Crippen molar-refractivity contribution in [3.63, 3.8) is 0 Å². The van der Waals surface area contributed by atoms with Crippen molar-refractivity contribution in [2.75, 3.05) is 11.4 Å². The Morgan fingerprint density at radius 2 is 2.16 bits per heavy atom. The van der Waals surface area contributed by atoms with Crippen molar-refractivity contribution in [3.8, 4) is 10.7 Å². The second-order valence-electron chi connectivity index (χ2n) is 5.73. The number of thiazole rings is 1. The molecule has 0 radical (unpaired) electrons. The van der Waals surface area contributed by atoms with E-state index in [0.717, 1.165) is 22.7 Å². The van der Waals surface area contributed by atoms with Gasteiger partial charge in [0.15, 0.2) is 11.6 Å². The van der Waals surface area contributed by atoms with Gasteiger partial charge in [0, 0.05) is 24.7 Å². The summed E-state index contributed by atoms with van der Waals surface area (Å²) < 4.78 is 31.8. The van der Waals surface area contributed by atoms with Gasteiger partial charge in [-0.25, -0.2) is 13.8 Å². The van der Waals surface area contributed by atoms with E-state index in [-0.39, 0.29) is 24.8 Å². The third-order valence-electron chi connectivity index (χ3n) is 4.08. The molecule has 0 saturated carbocycles. The normalized spacial score (nSPS) is 17.5. The molecule has 1 aromatic carbocycles. The summed E-state index contributed by atoms with van der Waals surface area (Å²) in [7, 11) is 0. The van der Waals surface area contributed by atoms with Gasteiger partial charge in [0.1, 0.15) is 0 Å². The summed E-state index contributed by atoms with van der Waals surface area (Å²) in [6.07, 6.45) is 0.169. The highest BCUT2D eigenvalue weighted by atomic mass is 32.1. The fourth-order valence-electron chi connectivity index (χ4n) is 2.79. The lowest BCUT2D eigenvalue weighted by Crippen LogP contribution is -2.24. The number of amides is 1. The molecular weight excluding hydrogens is 350 g/mol. The van der Waals surface area contributed by atoms with Crippen LogP contribution in [-0.2, 0) is 4.79 Å². The molecule has 3 aromatic rings. The van der Waals surface area contributed by atoms with Gasteiger partial charge in [-0.2, -0.15) is 4.98 Å². The monoisotopic (exact) mass is 362 g/mol. The molecule has 3 heterocycles. The highest BCUT2D eigenvalue weighted by Crippen LogP contribution is 2.33. The van der Waals surface area contributed by atoms with E-state index in [1.165, 1.54) is 22.3 Å². The average Bonchev–Trinajstić information content (AvgIpc) is 3.29. The fraction of sp³-hybridized carbons (Fsp3) is 0.250. The summed E-state index contributed by atoms with van der Waals surface area (Å²) in [5.41, 5.74) is 2.82. The Bertz CT molecular complexity index is 955. The van der Waals surface area contributed by atoms with Gasteiger partial charge in [0.05, 0.1) is 22.0 Å². The molecule has 9 heteroatoms. The first-order chi connectivity index (χ1) is 12.0. The van der Waals surface area contributed by atoms with Crippen LogP contribution in [0.5, 0.6) is 0 Å². The van der Waals surface area contributed by atoms with Crippen LogP contribution in [0.4, 0.5) is 14.5 Å². The van der Waals surface area contributed by atoms with Crippen molar-refractivity contribution in [3.05, 3.63) is 46.9 Å². The van der Waals surface area contributed by atoms with Crippen molar-refractivity contribution in [1.82, 2.24) is 15.1 Å². The molecule has 0 bridgehead atoms. The van der Waals surface area contributed by atoms with Crippen LogP contribution in [0.2, 0.25) is 0 Å². The summed E-state index contributed by atoms with van der Waals surface area (Å²) >= 11 is 1.41. The SMILES string of the molecule is Cc1ncsc1-c1noc(C2CC(=O)N(c3ccc(F)c(F)c3)C2)n1. The number of anilines is 1. The standard InChI is InChI=1S/C16H12F2N4O2S/c1-8-14(25-7-19-8)15-20-16(24-21-15)9-4-13(23)22(6-9)10-2-3-11(17)12(18)5-10/h2-3,5,7,9H,4,6H2,1H3. The smallest absolute Gasteiger partial charge is 0.232 e. The molecule has 4 rings (SSSR count). The zero-order valence-electron chi connectivity index (χ0n) is 13.1. The van der Waals surface area contributed by atoms with E-state index in [2.05, 4.69) is 15.1 Å². The number of aryl methyl sites for hydroxylation is 1. The second-order valence-corrected chi connectivity index (χ2v) is 6.58. The minimum absolute atomic E-state index is 0.169. The number of hydrogen-bond donors (Lipinski definition) is 0. The molecule has 1 fully saturated rings. The van der Waals surface area contributed by atoms with Gasteiger partial charge in [0.2, 0.25) is 17.6 Å².